The highest BCUT2D eigenvalue weighted by Crippen LogP contribution is 1.82. The standard InChI is InChI=1S/C7H10N2O5/c1-2-5(10)13-3-4-14-7(12)9-6(8)11/h2H,1,3-4H2,(H3,8,9,11,12). The van der Waals surface area contributed by atoms with Crippen LogP contribution in [0, 0.1) is 0 Å². The summed E-state index contributed by atoms with van der Waals surface area (Å²) in [6, 6.07) is -1.02. The SMILES string of the molecule is C=CC(=O)OCCOC(=O)NC(N)=O. The number of hydrogen-bond acceptors (Lipinski definition) is 5. The zero-order chi connectivity index (χ0) is 11.0. The van der Waals surface area contributed by atoms with Gasteiger partial charge in [-0.2, -0.15) is 0 Å². The molecule has 0 bridgehead atoms. The Labute approximate surface area is 79.8 Å². The minimum Gasteiger partial charge on any atom is -0.459 e. The third kappa shape index (κ3) is 6.65. The normalized spacial score (nSPS) is 8.57. The number of carbonyl (C=O) groups excluding carboxylic acids is 3. The Bertz CT molecular complexity index is 250. The number of hydrogen-bond donors (Lipinski definition) is 2. The van der Waals surface area contributed by atoms with Crippen LogP contribution in [0.15, 0.2) is 12.7 Å². The Morgan fingerprint density at radius 2 is 1.86 bits per heavy atom. The fourth-order valence-electron chi connectivity index (χ4n) is 0.472. The van der Waals surface area contributed by atoms with Gasteiger partial charge in [0, 0.05) is 6.08 Å². The van der Waals surface area contributed by atoms with Gasteiger partial charge in [-0.15, -0.1) is 0 Å². The Hall–Kier alpha value is -2.05. The van der Waals surface area contributed by atoms with E-state index in [2.05, 4.69) is 21.8 Å². The number of primary amides is 1. The summed E-state index contributed by atoms with van der Waals surface area (Å²) >= 11 is 0. The first-order valence-electron chi connectivity index (χ1n) is 3.58. The van der Waals surface area contributed by atoms with Crippen molar-refractivity contribution in [3.63, 3.8) is 0 Å². The monoisotopic (exact) mass is 202 g/mol. The Balaban J connectivity index is 3.45. The summed E-state index contributed by atoms with van der Waals surface area (Å²) in [7, 11) is 0. The van der Waals surface area contributed by atoms with E-state index in [0.29, 0.717) is 0 Å². The lowest BCUT2D eigenvalue weighted by molar-refractivity contribution is -0.138. The molecule has 0 spiro atoms. The topological polar surface area (TPSA) is 108 Å². The van der Waals surface area contributed by atoms with E-state index in [1.807, 2.05) is 0 Å². The molecule has 0 saturated carbocycles. The highest BCUT2D eigenvalue weighted by atomic mass is 16.6. The fraction of sp³-hybridized carbons (Fsp3) is 0.286. The molecule has 0 saturated heterocycles. The number of carbonyl (C=O) groups is 3. The van der Waals surface area contributed by atoms with Crippen LogP contribution in [0.2, 0.25) is 0 Å². The lowest BCUT2D eigenvalue weighted by Crippen LogP contribution is -2.35. The molecule has 7 heteroatoms. The molecular weight excluding hydrogens is 192 g/mol. The molecule has 0 atom stereocenters. The first-order valence-corrected chi connectivity index (χ1v) is 3.58. The second-order valence-corrected chi connectivity index (χ2v) is 2.00. The third-order valence-corrected chi connectivity index (χ3v) is 0.953. The van der Waals surface area contributed by atoms with Crippen LogP contribution in [-0.2, 0) is 14.3 Å². The molecule has 0 aliphatic rings. The van der Waals surface area contributed by atoms with Gasteiger partial charge in [-0.05, 0) is 0 Å². The minimum absolute atomic E-state index is 0.114. The molecule has 0 heterocycles. The van der Waals surface area contributed by atoms with Gasteiger partial charge in [-0.1, -0.05) is 6.58 Å². The Morgan fingerprint density at radius 1 is 1.29 bits per heavy atom. The smallest absolute Gasteiger partial charge is 0.415 e. The number of nitrogens with one attached hydrogen (secondary N) is 1. The lowest BCUT2D eigenvalue weighted by atomic mass is 10.6. The maximum absolute atomic E-state index is 10.6. The maximum atomic E-state index is 10.6. The van der Waals surface area contributed by atoms with E-state index in [9.17, 15) is 14.4 Å². The molecule has 0 unspecified atom stereocenters. The van der Waals surface area contributed by atoms with Crippen molar-refractivity contribution in [1.82, 2.24) is 5.32 Å². The van der Waals surface area contributed by atoms with Crippen LogP contribution in [0.5, 0.6) is 0 Å². The summed E-state index contributed by atoms with van der Waals surface area (Å²) in [4.78, 5) is 31.1. The van der Waals surface area contributed by atoms with Gasteiger partial charge >= 0.3 is 18.1 Å². The second-order valence-electron chi connectivity index (χ2n) is 2.00. The molecule has 0 rings (SSSR count). The van der Waals surface area contributed by atoms with Crippen molar-refractivity contribution in [3.05, 3.63) is 12.7 Å². The zero-order valence-corrected chi connectivity index (χ0v) is 7.32. The first-order chi connectivity index (χ1) is 6.56. The van der Waals surface area contributed by atoms with Crippen LogP contribution in [0.4, 0.5) is 9.59 Å². The number of imide groups is 1. The van der Waals surface area contributed by atoms with Crippen LogP contribution in [0.25, 0.3) is 0 Å². The number of rotatable bonds is 4. The number of alkyl carbamates (subject to hydrolysis) is 1. The number of amides is 3. The summed E-state index contributed by atoms with van der Waals surface area (Å²) in [6.45, 7) is 2.88. The van der Waals surface area contributed by atoms with Crippen LogP contribution >= 0.6 is 0 Å². The predicted molar refractivity (Wildman–Crippen MR) is 45.2 cm³/mol. The van der Waals surface area contributed by atoms with Gasteiger partial charge in [0.05, 0.1) is 0 Å². The van der Waals surface area contributed by atoms with Gasteiger partial charge in [0.2, 0.25) is 0 Å². The summed E-state index contributed by atoms with van der Waals surface area (Å²) in [5.41, 5.74) is 4.62. The Kier molecular flexibility index (Phi) is 5.52. The van der Waals surface area contributed by atoms with Crippen molar-refractivity contribution in [2.45, 2.75) is 0 Å². The van der Waals surface area contributed by atoms with E-state index < -0.39 is 18.1 Å². The lowest BCUT2D eigenvalue weighted by Gasteiger charge is -2.03. The molecule has 0 aromatic heterocycles. The van der Waals surface area contributed by atoms with E-state index in [4.69, 9.17) is 0 Å². The number of ether oxygens (including phenoxy) is 2. The summed E-state index contributed by atoms with van der Waals surface area (Å²) < 4.78 is 8.85. The minimum atomic E-state index is -1.02. The molecule has 0 aliphatic carbocycles. The van der Waals surface area contributed by atoms with Crippen molar-refractivity contribution in [3.8, 4) is 0 Å². The molecule has 7 nitrogen and oxygen atoms in total. The van der Waals surface area contributed by atoms with Gasteiger partial charge in [-0.3, -0.25) is 0 Å². The zero-order valence-electron chi connectivity index (χ0n) is 7.32. The Morgan fingerprint density at radius 3 is 2.36 bits per heavy atom. The van der Waals surface area contributed by atoms with Crippen molar-refractivity contribution in [2.75, 3.05) is 13.2 Å². The summed E-state index contributed by atoms with van der Waals surface area (Å²) in [5.74, 6) is -0.621. The molecule has 3 N–H and O–H groups in total. The van der Waals surface area contributed by atoms with Gasteiger partial charge < -0.3 is 15.2 Å². The highest BCUT2D eigenvalue weighted by molar-refractivity contribution is 5.89. The van der Waals surface area contributed by atoms with Gasteiger partial charge in [0.1, 0.15) is 13.2 Å². The fourth-order valence-corrected chi connectivity index (χ4v) is 0.472. The summed E-state index contributed by atoms with van der Waals surface area (Å²) in [5, 5.41) is 1.66. The van der Waals surface area contributed by atoms with Crippen molar-refractivity contribution in [1.29, 1.82) is 0 Å². The molecule has 14 heavy (non-hydrogen) atoms. The molecule has 78 valence electrons. The number of nitrogens with two attached hydrogens (primary N) is 1. The molecule has 0 fully saturated rings. The van der Waals surface area contributed by atoms with Crippen molar-refractivity contribution in [2.24, 2.45) is 5.73 Å². The number of esters is 1. The third-order valence-electron chi connectivity index (χ3n) is 0.953. The maximum Gasteiger partial charge on any atom is 0.415 e. The quantitative estimate of drug-likeness (QED) is 0.363. The molecule has 0 aromatic rings. The van der Waals surface area contributed by atoms with Crippen LogP contribution < -0.4 is 11.1 Å². The highest BCUT2D eigenvalue weighted by Gasteiger charge is 2.04. The van der Waals surface area contributed by atoms with Crippen LogP contribution in [0.3, 0.4) is 0 Å². The molecule has 0 radical (unpaired) electrons. The van der Waals surface area contributed by atoms with E-state index in [1.54, 1.807) is 5.32 Å². The molecule has 0 aromatic carbocycles. The van der Waals surface area contributed by atoms with Crippen LogP contribution in [-0.4, -0.2) is 31.3 Å². The largest absolute Gasteiger partial charge is 0.459 e. The van der Waals surface area contributed by atoms with Gasteiger partial charge in [0.25, 0.3) is 0 Å². The second kappa shape index (κ2) is 6.46. The number of urea groups is 1. The van der Waals surface area contributed by atoms with E-state index >= 15 is 0 Å². The first kappa shape index (κ1) is 11.9. The van der Waals surface area contributed by atoms with Gasteiger partial charge in [-0.25, -0.2) is 19.7 Å². The van der Waals surface area contributed by atoms with Crippen molar-refractivity contribution < 1.29 is 23.9 Å². The molecule has 0 aliphatic heterocycles. The van der Waals surface area contributed by atoms with Crippen LogP contribution in [0.1, 0.15) is 0 Å². The molecule has 3 amide bonds. The van der Waals surface area contributed by atoms with E-state index in [0.717, 1.165) is 6.08 Å². The summed E-state index contributed by atoms with van der Waals surface area (Å²) in [6.07, 6.45) is -0.0177. The average molecular weight is 202 g/mol. The van der Waals surface area contributed by atoms with E-state index in [1.165, 1.54) is 0 Å². The van der Waals surface area contributed by atoms with Gasteiger partial charge in [0.15, 0.2) is 0 Å². The molecular formula is C7H10N2O5. The predicted octanol–water partition coefficient (Wildman–Crippen LogP) is -0.480. The van der Waals surface area contributed by atoms with Crippen molar-refractivity contribution >= 4 is 18.1 Å². The average Bonchev–Trinajstić information content (AvgIpc) is 2.10. The van der Waals surface area contributed by atoms with E-state index in [-0.39, 0.29) is 13.2 Å².